The van der Waals surface area contributed by atoms with Crippen LogP contribution in [0.5, 0.6) is 0 Å². The molecule has 1 aromatic carbocycles. The molecule has 11 nitrogen and oxygen atoms in total. The highest BCUT2D eigenvalue weighted by atomic mass is 32.1. The number of amides is 2. The van der Waals surface area contributed by atoms with Gasteiger partial charge in [-0.2, -0.15) is 13.2 Å². The van der Waals surface area contributed by atoms with Gasteiger partial charge >= 0.3 is 12.1 Å². The number of carboxylic acids is 1. The van der Waals surface area contributed by atoms with E-state index in [9.17, 15) is 27.9 Å². The second kappa shape index (κ2) is 13.2. The predicted octanol–water partition coefficient (Wildman–Crippen LogP) is 1.51. The summed E-state index contributed by atoms with van der Waals surface area (Å²) in [5.74, 6) is -3.13. The van der Waals surface area contributed by atoms with Crippen LogP contribution in [-0.2, 0) is 14.4 Å². The molecule has 0 bridgehead atoms. The molecular formula is C22H29F3N6O5S. The summed E-state index contributed by atoms with van der Waals surface area (Å²) < 4.78 is 32.7. The number of carbonyl (C=O) groups excluding carboxylic acids is 2. The van der Waals surface area contributed by atoms with Crippen molar-refractivity contribution in [3.63, 3.8) is 0 Å². The lowest BCUT2D eigenvalue weighted by molar-refractivity contribution is -0.192. The molecule has 15 heteroatoms. The number of aliphatic hydroxyl groups excluding tert-OH is 1. The molecule has 7 N–H and O–H groups in total. The van der Waals surface area contributed by atoms with Gasteiger partial charge in [0, 0.05) is 20.0 Å². The van der Waals surface area contributed by atoms with Crippen LogP contribution in [0.15, 0.2) is 29.3 Å². The Hall–Kier alpha value is -3.46. The molecular weight excluding hydrogens is 517 g/mol. The van der Waals surface area contributed by atoms with Crippen molar-refractivity contribution in [3.8, 4) is 0 Å². The number of nitrogens with zero attached hydrogens (tertiary/aromatic N) is 3. The van der Waals surface area contributed by atoms with Crippen LogP contribution in [0.4, 0.5) is 13.2 Å². The van der Waals surface area contributed by atoms with E-state index >= 15 is 0 Å². The molecule has 1 fully saturated rings. The summed E-state index contributed by atoms with van der Waals surface area (Å²) in [7, 11) is 0. The molecule has 0 aliphatic carbocycles. The zero-order valence-electron chi connectivity index (χ0n) is 19.9. The second-order valence-electron chi connectivity index (χ2n) is 8.20. The quantitative estimate of drug-likeness (QED) is 0.187. The van der Waals surface area contributed by atoms with Gasteiger partial charge in [-0.25, -0.2) is 9.78 Å². The molecule has 0 spiro atoms. The number of para-hydroxylation sites is 1. The van der Waals surface area contributed by atoms with Crippen LogP contribution in [0.3, 0.4) is 0 Å². The molecule has 1 aliphatic heterocycles. The summed E-state index contributed by atoms with van der Waals surface area (Å²) in [5.41, 5.74) is 11.6. The van der Waals surface area contributed by atoms with Crippen LogP contribution in [0, 0.1) is 0 Å². The van der Waals surface area contributed by atoms with Gasteiger partial charge in [0.05, 0.1) is 16.3 Å². The largest absolute Gasteiger partial charge is 0.490 e. The van der Waals surface area contributed by atoms with Crippen LogP contribution in [0.2, 0.25) is 0 Å². The van der Waals surface area contributed by atoms with Gasteiger partial charge in [-0.1, -0.05) is 12.1 Å². The zero-order chi connectivity index (χ0) is 27.8. The maximum Gasteiger partial charge on any atom is 0.490 e. The number of alkyl halides is 3. The van der Waals surface area contributed by atoms with Crippen LogP contribution < -0.4 is 16.8 Å². The Labute approximate surface area is 214 Å². The Morgan fingerprint density at radius 3 is 2.51 bits per heavy atom. The Kier molecular flexibility index (Phi) is 10.6. The number of benzene rings is 1. The number of guanidine groups is 1. The van der Waals surface area contributed by atoms with E-state index in [1.165, 1.54) is 18.3 Å². The molecule has 204 valence electrons. The average Bonchev–Trinajstić information content (AvgIpc) is 3.47. The number of carboxylic acid groups (broad SMARTS) is 1. The first kappa shape index (κ1) is 29.8. The Morgan fingerprint density at radius 2 is 1.95 bits per heavy atom. The van der Waals surface area contributed by atoms with E-state index in [4.69, 9.17) is 21.4 Å². The van der Waals surface area contributed by atoms with E-state index in [-0.39, 0.29) is 17.8 Å². The third-order valence-electron chi connectivity index (χ3n) is 5.44. The maximum atomic E-state index is 12.9. The van der Waals surface area contributed by atoms with E-state index < -0.39 is 30.3 Å². The smallest absolute Gasteiger partial charge is 0.475 e. The van der Waals surface area contributed by atoms with E-state index in [0.29, 0.717) is 37.4 Å². The summed E-state index contributed by atoms with van der Waals surface area (Å²) in [6, 6.07) is 6.56. The maximum absolute atomic E-state index is 12.9. The van der Waals surface area contributed by atoms with Gasteiger partial charge in [-0.15, -0.1) is 11.3 Å². The molecule has 1 aliphatic rings. The first-order chi connectivity index (χ1) is 17.3. The van der Waals surface area contributed by atoms with E-state index in [2.05, 4.69) is 15.3 Å². The number of nitrogens with one attached hydrogen (secondary N) is 1. The molecule has 2 unspecified atom stereocenters. The standard InChI is InChI=1S/C20H28N6O3S.C2HF3O2/c1-12(27)26-11-5-8-15(26)18(29)24-14(7-4-10-23-20(21)22)17(28)19-25-13-6-2-3-9-16(13)30-19;3-2(4,5)1(6)7/h2-3,6,9,14-15,17,28H,4-5,7-8,10-11H2,1H3,(H,24,29)(H4,21,22,23);(H,6,7)/t14?,15-,17?;/m0./s1. The van der Waals surface area contributed by atoms with Crippen molar-refractivity contribution >= 4 is 45.3 Å². The van der Waals surface area contributed by atoms with E-state index in [0.717, 1.165) is 16.6 Å². The third-order valence-corrected chi connectivity index (χ3v) is 6.55. The lowest BCUT2D eigenvalue weighted by Crippen LogP contribution is -2.49. The normalized spacial score (nSPS) is 16.9. The van der Waals surface area contributed by atoms with Gasteiger partial charge in [0.25, 0.3) is 0 Å². The summed E-state index contributed by atoms with van der Waals surface area (Å²) in [5, 5.41) is 21.6. The minimum absolute atomic E-state index is 0.00497. The number of likely N-dealkylation sites (tertiary alicyclic amines) is 1. The monoisotopic (exact) mass is 546 g/mol. The SMILES string of the molecule is CC(=O)N1CCC[C@H]1C(=O)NC(CCCN=C(N)N)C(O)c1nc2ccccc2s1.O=C(O)C(F)(F)F. The summed E-state index contributed by atoms with van der Waals surface area (Å²) in [4.78, 5) is 43.7. The summed E-state index contributed by atoms with van der Waals surface area (Å²) in [6.07, 6.45) is -3.62. The van der Waals surface area contributed by atoms with Gasteiger partial charge < -0.3 is 31.9 Å². The van der Waals surface area contributed by atoms with Gasteiger partial charge in [0.15, 0.2) is 5.96 Å². The topological polar surface area (TPSA) is 184 Å². The fraction of sp³-hybridized carbons (Fsp3) is 0.500. The number of halogens is 3. The number of aliphatic hydroxyl groups is 1. The lowest BCUT2D eigenvalue weighted by atomic mass is 10.0. The number of hydrogen-bond donors (Lipinski definition) is 5. The summed E-state index contributed by atoms with van der Waals surface area (Å²) >= 11 is 1.40. The number of carbonyl (C=O) groups is 3. The van der Waals surface area contributed by atoms with Gasteiger partial charge in [0.2, 0.25) is 11.8 Å². The number of fused-ring (bicyclic) bond motifs is 1. The summed E-state index contributed by atoms with van der Waals surface area (Å²) in [6.45, 7) is 2.43. The van der Waals surface area contributed by atoms with Crippen molar-refractivity contribution in [3.05, 3.63) is 29.3 Å². The first-order valence-corrected chi connectivity index (χ1v) is 12.1. The number of rotatable bonds is 8. The second-order valence-corrected chi connectivity index (χ2v) is 9.26. The fourth-order valence-electron chi connectivity index (χ4n) is 3.71. The Morgan fingerprint density at radius 1 is 1.30 bits per heavy atom. The molecule has 37 heavy (non-hydrogen) atoms. The van der Waals surface area contributed by atoms with Crippen LogP contribution in [-0.4, -0.2) is 75.2 Å². The third kappa shape index (κ3) is 8.86. The first-order valence-electron chi connectivity index (χ1n) is 11.3. The number of aromatic nitrogens is 1. The molecule has 0 radical (unpaired) electrons. The molecule has 0 saturated carbocycles. The molecule has 3 rings (SSSR count). The highest BCUT2D eigenvalue weighted by molar-refractivity contribution is 7.18. The Balaban J connectivity index is 0.000000604. The number of nitrogens with two attached hydrogens (primary N) is 2. The van der Waals surface area contributed by atoms with Crippen molar-refractivity contribution in [2.75, 3.05) is 13.1 Å². The highest BCUT2D eigenvalue weighted by Gasteiger charge is 2.38. The molecule has 1 saturated heterocycles. The van der Waals surface area contributed by atoms with Gasteiger partial charge in [-0.3, -0.25) is 14.6 Å². The number of thiazole rings is 1. The van der Waals surface area contributed by atoms with Crippen molar-refractivity contribution in [1.82, 2.24) is 15.2 Å². The number of hydrogen-bond acceptors (Lipinski definition) is 7. The van der Waals surface area contributed by atoms with Crippen molar-refractivity contribution in [2.45, 2.75) is 57.0 Å². The fourth-order valence-corrected chi connectivity index (χ4v) is 4.73. The van der Waals surface area contributed by atoms with Crippen molar-refractivity contribution in [1.29, 1.82) is 0 Å². The zero-order valence-corrected chi connectivity index (χ0v) is 20.8. The highest BCUT2D eigenvalue weighted by Crippen LogP contribution is 2.29. The van der Waals surface area contributed by atoms with E-state index in [1.807, 2.05) is 24.3 Å². The predicted molar refractivity (Wildman–Crippen MR) is 131 cm³/mol. The minimum Gasteiger partial charge on any atom is -0.475 e. The van der Waals surface area contributed by atoms with E-state index in [1.54, 1.807) is 4.90 Å². The van der Waals surface area contributed by atoms with Crippen molar-refractivity contribution < 1.29 is 37.8 Å². The number of aliphatic carboxylic acids is 1. The van der Waals surface area contributed by atoms with Crippen LogP contribution in [0.25, 0.3) is 10.2 Å². The van der Waals surface area contributed by atoms with Gasteiger partial charge in [0.1, 0.15) is 17.2 Å². The molecule has 3 atom stereocenters. The van der Waals surface area contributed by atoms with Crippen LogP contribution in [0.1, 0.15) is 43.7 Å². The number of aliphatic imine (C=N–C) groups is 1. The minimum atomic E-state index is -5.08. The Bertz CT molecular complexity index is 1090. The molecule has 1 aromatic heterocycles. The lowest BCUT2D eigenvalue weighted by Gasteiger charge is -2.27. The van der Waals surface area contributed by atoms with Gasteiger partial charge in [-0.05, 0) is 37.8 Å². The molecule has 2 heterocycles. The van der Waals surface area contributed by atoms with Crippen LogP contribution >= 0.6 is 11.3 Å². The average molecular weight is 547 g/mol. The molecule has 2 aromatic rings. The molecule has 2 amide bonds. The van der Waals surface area contributed by atoms with Crippen molar-refractivity contribution in [2.24, 2.45) is 16.5 Å².